The lowest BCUT2D eigenvalue weighted by atomic mass is 9.88. The Labute approximate surface area is 98.0 Å². The van der Waals surface area contributed by atoms with E-state index in [1.54, 1.807) is 6.92 Å². The van der Waals surface area contributed by atoms with Crippen LogP contribution in [-0.4, -0.2) is 36.0 Å². The smallest absolute Gasteiger partial charge is 0.219 e. The Kier molecular flexibility index (Phi) is 4.87. The summed E-state index contributed by atoms with van der Waals surface area (Å²) >= 11 is 0. The van der Waals surface area contributed by atoms with Crippen molar-refractivity contribution in [1.29, 1.82) is 0 Å². The highest BCUT2D eigenvalue weighted by Crippen LogP contribution is 2.28. The van der Waals surface area contributed by atoms with Gasteiger partial charge in [-0.25, -0.2) is 0 Å². The molecule has 3 nitrogen and oxygen atoms in total. The summed E-state index contributed by atoms with van der Waals surface area (Å²) < 4.78 is 0. The topological polar surface area (TPSA) is 32.3 Å². The van der Waals surface area contributed by atoms with E-state index in [0.717, 1.165) is 25.9 Å². The second-order valence-electron chi connectivity index (χ2n) is 4.49. The van der Waals surface area contributed by atoms with Gasteiger partial charge in [-0.1, -0.05) is 0 Å². The molecule has 4 heteroatoms. The first kappa shape index (κ1) is 12.8. The molecule has 1 aliphatic heterocycles. The minimum atomic E-state index is 0. The van der Waals surface area contributed by atoms with Crippen LogP contribution in [0.1, 0.15) is 39.0 Å². The molecule has 0 aromatic rings. The highest BCUT2D eigenvalue weighted by Gasteiger charge is 2.32. The molecule has 2 rings (SSSR count). The van der Waals surface area contributed by atoms with Crippen molar-refractivity contribution < 1.29 is 4.79 Å². The molecule has 2 fully saturated rings. The third-order valence-electron chi connectivity index (χ3n) is 3.53. The number of carbonyl (C=O) groups is 1. The molecule has 0 atom stereocenters. The van der Waals surface area contributed by atoms with Crippen molar-refractivity contribution in [2.45, 2.75) is 51.1 Å². The van der Waals surface area contributed by atoms with E-state index in [-0.39, 0.29) is 18.3 Å². The monoisotopic (exact) mass is 232 g/mol. The lowest BCUT2D eigenvalue weighted by molar-refractivity contribution is -0.136. The van der Waals surface area contributed by atoms with Gasteiger partial charge in [0, 0.05) is 19.0 Å². The van der Waals surface area contributed by atoms with Gasteiger partial charge < -0.3 is 10.2 Å². The van der Waals surface area contributed by atoms with Gasteiger partial charge >= 0.3 is 0 Å². The van der Waals surface area contributed by atoms with Gasteiger partial charge in [-0.3, -0.25) is 4.79 Å². The molecule has 0 bridgehead atoms. The molecule has 1 aliphatic carbocycles. The zero-order valence-electron chi connectivity index (χ0n) is 9.37. The third-order valence-corrected chi connectivity index (χ3v) is 3.53. The summed E-state index contributed by atoms with van der Waals surface area (Å²) in [7, 11) is 0. The maximum atomic E-state index is 11.6. The fraction of sp³-hybridized carbons (Fsp3) is 0.909. The van der Waals surface area contributed by atoms with Crippen LogP contribution in [-0.2, 0) is 4.79 Å². The van der Waals surface area contributed by atoms with Crippen LogP contribution < -0.4 is 5.32 Å². The summed E-state index contributed by atoms with van der Waals surface area (Å²) in [5.41, 5.74) is 0. The van der Waals surface area contributed by atoms with Gasteiger partial charge in [0.1, 0.15) is 0 Å². The Balaban J connectivity index is 0.00000112. The molecule has 0 unspecified atom stereocenters. The predicted octanol–water partition coefficient (Wildman–Crippen LogP) is 1.56. The fourth-order valence-corrected chi connectivity index (χ4v) is 2.56. The van der Waals surface area contributed by atoms with E-state index in [1.807, 2.05) is 0 Å². The van der Waals surface area contributed by atoms with Gasteiger partial charge in [-0.05, 0) is 45.2 Å². The quantitative estimate of drug-likeness (QED) is 0.784. The minimum absolute atomic E-state index is 0. The van der Waals surface area contributed by atoms with Gasteiger partial charge in [0.2, 0.25) is 5.91 Å². The second-order valence-corrected chi connectivity index (χ2v) is 4.49. The summed E-state index contributed by atoms with van der Waals surface area (Å²) in [4.78, 5) is 13.7. The van der Waals surface area contributed by atoms with Crippen molar-refractivity contribution in [3.05, 3.63) is 0 Å². The number of hydrogen-bond acceptors (Lipinski definition) is 2. The summed E-state index contributed by atoms with van der Waals surface area (Å²) in [5.74, 6) is 0.279. The number of amides is 1. The van der Waals surface area contributed by atoms with Gasteiger partial charge in [0.25, 0.3) is 0 Å². The molecule has 1 heterocycles. The molecule has 15 heavy (non-hydrogen) atoms. The normalized spacial score (nSPS) is 22.7. The predicted molar refractivity (Wildman–Crippen MR) is 63.3 cm³/mol. The van der Waals surface area contributed by atoms with Crippen molar-refractivity contribution in [3.8, 4) is 0 Å². The van der Waals surface area contributed by atoms with Crippen LogP contribution in [0.15, 0.2) is 0 Å². The number of hydrogen-bond donors (Lipinski definition) is 1. The lowest BCUT2D eigenvalue weighted by Gasteiger charge is -2.43. The zero-order valence-corrected chi connectivity index (χ0v) is 10.2. The first-order valence-corrected chi connectivity index (χ1v) is 5.78. The summed E-state index contributed by atoms with van der Waals surface area (Å²) in [6.45, 7) is 3.86. The maximum Gasteiger partial charge on any atom is 0.219 e. The average Bonchev–Trinajstić information content (AvgIpc) is 2.12. The molecule has 0 aromatic carbocycles. The van der Waals surface area contributed by atoms with Crippen molar-refractivity contribution in [2.24, 2.45) is 0 Å². The molecule has 0 radical (unpaired) electrons. The van der Waals surface area contributed by atoms with E-state index in [4.69, 9.17) is 0 Å². The standard InChI is InChI=1S/C11H20N2O.ClH/c1-9(14)13(10-3-2-4-10)11-5-7-12-8-6-11;/h10-12H,2-8H2,1H3;1H. The first-order chi connectivity index (χ1) is 6.79. The summed E-state index contributed by atoms with van der Waals surface area (Å²) in [6, 6.07) is 1.08. The zero-order chi connectivity index (χ0) is 9.97. The van der Waals surface area contributed by atoms with Crippen LogP contribution in [0.5, 0.6) is 0 Å². The Hall–Kier alpha value is -0.280. The minimum Gasteiger partial charge on any atom is -0.337 e. The van der Waals surface area contributed by atoms with Gasteiger partial charge in [-0.2, -0.15) is 0 Å². The molecular formula is C11H21ClN2O. The van der Waals surface area contributed by atoms with Crippen LogP contribution in [0.2, 0.25) is 0 Å². The maximum absolute atomic E-state index is 11.6. The molecular weight excluding hydrogens is 212 g/mol. The molecule has 1 saturated carbocycles. The number of nitrogens with zero attached hydrogens (tertiary/aromatic N) is 1. The van der Waals surface area contributed by atoms with Gasteiger partial charge in [-0.15, -0.1) is 12.4 Å². The van der Waals surface area contributed by atoms with Crippen molar-refractivity contribution in [1.82, 2.24) is 10.2 Å². The lowest BCUT2D eigenvalue weighted by Crippen LogP contribution is -2.52. The van der Waals surface area contributed by atoms with E-state index in [9.17, 15) is 4.79 Å². The van der Waals surface area contributed by atoms with E-state index in [0.29, 0.717) is 12.1 Å². The van der Waals surface area contributed by atoms with E-state index < -0.39 is 0 Å². The summed E-state index contributed by atoms with van der Waals surface area (Å²) in [6.07, 6.45) is 6.03. The number of carbonyl (C=O) groups excluding carboxylic acids is 1. The number of nitrogens with one attached hydrogen (secondary N) is 1. The Morgan fingerprint density at radius 1 is 1.13 bits per heavy atom. The highest BCUT2D eigenvalue weighted by atomic mass is 35.5. The van der Waals surface area contributed by atoms with Crippen molar-refractivity contribution >= 4 is 18.3 Å². The Morgan fingerprint density at radius 2 is 1.67 bits per heavy atom. The molecule has 0 spiro atoms. The Morgan fingerprint density at radius 3 is 2.07 bits per heavy atom. The summed E-state index contributed by atoms with van der Waals surface area (Å²) in [5, 5.41) is 3.35. The molecule has 0 aromatic heterocycles. The van der Waals surface area contributed by atoms with Gasteiger partial charge in [0.15, 0.2) is 0 Å². The average molecular weight is 233 g/mol. The highest BCUT2D eigenvalue weighted by molar-refractivity contribution is 5.85. The van der Waals surface area contributed by atoms with E-state index in [1.165, 1.54) is 19.3 Å². The molecule has 2 aliphatic rings. The van der Waals surface area contributed by atoms with Crippen LogP contribution >= 0.6 is 12.4 Å². The van der Waals surface area contributed by atoms with Crippen LogP contribution in [0, 0.1) is 0 Å². The van der Waals surface area contributed by atoms with Crippen molar-refractivity contribution in [3.63, 3.8) is 0 Å². The van der Waals surface area contributed by atoms with Crippen LogP contribution in [0.25, 0.3) is 0 Å². The molecule has 1 amide bonds. The number of rotatable bonds is 2. The first-order valence-electron chi connectivity index (χ1n) is 5.78. The number of piperidine rings is 1. The SMILES string of the molecule is CC(=O)N(C1CCC1)C1CCNCC1.Cl. The Bertz CT molecular complexity index is 213. The van der Waals surface area contributed by atoms with Crippen LogP contribution in [0.3, 0.4) is 0 Å². The number of halogens is 1. The third kappa shape index (κ3) is 2.85. The van der Waals surface area contributed by atoms with E-state index >= 15 is 0 Å². The van der Waals surface area contributed by atoms with Crippen molar-refractivity contribution in [2.75, 3.05) is 13.1 Å². The molecule has 88 valence electrons. The largest absolute Gasteiger partial charge is 0.337 e. The van der Waals surface area contributed by atoms with Gasteiger partial charge in [0.05, 0.1) is 0 Å². The molecule has 1 saturated heterocycles. The fourth-order valence-electron chi connectivity index (χ4n) is 2.56. The second kappa shape index (κ2) is 5.71. The van der Waals surface area contributed by atoms with E-state index in [2.05, 4.69) is 10.2 Å². The molecule has 1 N–H and O–H groups in total. The van der Waals surface area contributed by atoms with Crippen LogP contribution in [0.4, 0.5) is 0 Å².